The summed E-state index contributed by atoms with van der Waals surface area (Å²) >= 11 is 0. The molecule has 15 heavy (non-hydrogen) atoms. The molecule has 0 saturated heterocycles. The van der Waals surface area contributed by atoms with E-state index in [1.165, 1.54) is 0 Å². The Labute approximate surface area is 87.3 Å². The molecule has 0 fully saturated rings. The van der Waals surface area contributed by atoms with Gasteiger partial charge in [-0.25, -0.2) is 0 Å². The van der Waals surface area contributed by atoms with Crippen LogP contribution in [0.5, 0.6) is 0 Å². The summed E-state index contributed by atoms with van der Waals surface area (Å²) < 4.78 is 0. The zero-order valence-corrected chi connectivity index (χ0v) is 8.01. The molecule has 4 nitrogen and oxygen atoms in total. The Morgan fingerprint density at radius 1 is 1.07 bits per heavy atom. The molecule has 0 unspecified atom stereocenters. The van der Waals surface area contributed by atoms with Crippen molar-refractivity contribution in [3.8, 4) is 11.4 Å². The third-order valence-electron chi connectivity index (χ3n) is 2.00. The second-order valence-electron chi connectivity index (χ2n) is 3.06. The summed E-state index contributed by atoms with van der Waals surface area (Å²) in [6.07, 6.45) is 3.29. The van der Waals surface area contributed by atoms with Crippen molar-refractivity contribution in [1.29, 1.82) is 5.41 Å². The highest BCUT2D eigenvalue weighted by atomic mass is 14.8. The first-order valence-corrected chi connectivity index (χ1v) is 4.49. The fraction of sp³-hybridized carbons (Fsp3) is 0. The standard InChI is InChI=1S/C11H10N4/c12-11(13)8-4-5-10(15-7-8)9-3-1-2-6-14-9/h1-7H,(H3,12,13). The average Bonchev–Trinajstić information content (AvgIpc) is 2.30. The number of nitrogens with two attached hydrogens (primary N) is 1. The SMILES string of the molecule is N=C(N)c1ccc(-c2ccccn2)nc1. The molecular weight excluding hydrogens is 188 g/mol. The van der Waals surface area contributed by atoms with Gasteiger partial charge in [0.05, 0.1) is 11.4 Å². The summed E-state index contributed by atoms with van der Waals surface area (Å²) in [5.41, 5.74) is 7.54. The van der Waals surface area contributed by atoms with Crippen LogP contribution in [0.15, 0.2) is 42.7 Å². The lowest BCUT2D eigenvalue weighted by atomic mass is 10.2. The van der Waals surface area contributed by atoms with Gasteiger partial charge in [-0.1, -0.05) is 6.07 Å². The number of aromatic nitrogens is 2. The highest BCUT2D eigenvalue weighted by Gasteiger charge is 2.00. The van der Waals surface area contributed by atoms with E-state index >= 15 is 0 Å². The Morgan fingerprint density at radius 3 is 2.40 bits per heavy atom. The molecule has 2 aromatic heterocycles. The number of hydrogen-bond acceptors (Lipinski definition) is 3. The molecule has 3 N–H and O–H groups in total. The van der Waals surface area contributed by atoms with Crippen LogP contribution in [0.25, 0.3) is 11.4 Å². The van der Waals surface area contributed by atoms with Gasteiger partial charge in [-0.15, -0.1) is 0 Å². The number of nitrogens with one attached hydrogen (secondary N) is 1. The van der Waals surface area contributed by atoms with Crippen molar-refractivity contribution in [2.45, 2.75) is 0 Å². The first-order valence-electron chi connectivity index (χ1n) is 4.49. The number of pyridine rings is 2. The lowest BCUT2D eigenvalue weighted by Crippen LogP contribution is -2.11. The monoisotopic (exact) mass is 198 g/mol. The lowest BCUT2D eigenvalue weighted by Gasteiger charge is -2.00. The molecule has 2 aromatic rings. The van der Waals surface area contributed by atoms with Gasteiger partial charge in [0.25, 0.3) is 0 Å². The molecule has 0 saturated carbocycles. The fourth-order valence-corrected chi connectivity index (χ4v) is 1.22. The maximum Gasteiger partial charge on any atom is 0.124 e. The van der Waals surface area contributed by atoms with Gasteiger partial charge in [0.2, 0.25) is 0 Å². The smallest absolute Gasteiger partial charge is 0.124 e. The average molecular weight is 198 g/mol. The molecule has 0 atom stereocenters. The van der Waals surface area contributed by atoms with Crippen molar-refractivity contribution < 1.29 is 0 Å². The van der Waals surface area contributed by atoms with Gasteiger partial charge in [0.1, 0.15) is 5.84 Å². The zero-order chi connectivity index (χ0) is 10.7. The van der Waals surface area contributed by atoms with E-state index in [1.807, 2.05) is 18.2 Å². The lowest BCUT2D eigenvalue weighted by molar-refractivity contribution is 1.24. The highest BCUT2D eigenvalue weighted by molar-refractivity contribution is 5.94. The van der Waals surface area contributed by atoms with Gasteiger partial charge in [0.15, 0.2) is 0 Å². The molecule has 0 aliphatic heterocycles. The molecule has 0 aliphatic rings. The summed E-state index contributed by atoms with van der Waals surface area (Å²) in [6.45, 7) is 0. The van der Waals surface area contributed by atoms with Crippen molar-refractivity contribution in [1.82, 2.24) is 9.97 Å². The van der Waals surface area contributed by atoms with E-state index in [0.29, 0.717) is 5.56 Å². The van der Waals surface area contributed by atoms with Crippen molar-refractivity contribution in [2.75, 3.05) is 0 Å². The third kappa shape index (κ3) is 1.99. The minimum Gasteiger partial charge on any atom is -0.384 e. The van der Waals surface area contributed by atoms with Crippen LogP contribution in [0.2, 0.25) is 0 Å². The molecule has 2 heterocycles. The summed E-state index contributed by atoms with van der Waals surface area (Å²) in [7, 11) is 0. The van der Waals surface area contributed by atoms with E-state index in [0.717, 1.165) is 11.4 Å². The number of rotatable bonds is 2. The number of nitrogen functional groups attached to an aromatic ring is 1. The normalized spacial score (nSPS) is 9.87. The molecule has 4 heteroatoms. The second-order valence-corrected chi connectivity index (χ2v) is 3.06. The predicted molar refractivity (Wildman–Crippen MR) is 58.5 cm³/mol. The van der Waals surface area contributed by atoms with Gasteiger partial charge in [-0.3, -0.25) is 15.4 Å². The van der Waals surface area contributed by atoms with Crippen molar-refractivity contribution in [3.05, 3.63) is 48.3 Å². The van der Waals surface area contributed by atoms with E-state index in [1.54, 1.807) is 24.5 Å². The Bertz CT molecular complexity index is 462. The minimum absolute atomic E-state index is 0.0232. The largest absolute Gasteiger partial charge is 0.384 e. The molecule has 0 bridgehead atoms. The maximum atomic E-state index is 7.23. The Hall–Kier alpha value is -2.23. The molecule has 2 rings (SSSR count). The van der Waals surface area contributed by atoms with Crippen LogP contribution >= 0.6 is 0 Å². The summed E-state index contributed by atoms with van der Waals surface area (Å²) in [5.74, 6) is 0.0232. The van der Waals surface area contributed by atoms with E-state index in [9.17, 15) is 0 Å². The molecule has 0 aliphatic carbocycles. The van der Waals surface area contributed by atoms with Gasteiger partial charge in [0, 0.05) is 18.0 Å². The Morgan fingerprint density at radius 2 is 1.87 bits per heavy atom. The summed E-state index contributed by atoms with van der Waals surface area (Å²) in [4.78, 5) is 8.36. The molecular formula is C11H10N4. The zero-order valence-electron chi connectivity index (χ0n) is 8.01. The molecule has 0 spiro atoms. The third-order valence-corrected chi connectivity index (χ3v) is 2.00. The van der Waals surface area contributed by atoms with Crippen LogP contribution in [0.4, 0.5) is 0 Å². The Balaban J connectivity index is 2.36. The summed E-state index contributed by atoms with van der Waals surface area (Å²) in [5, 5.41) is 7.23. The number of amidine groups is 1. The number of nitrogens with zero attached hydrogens (tertiary/aromatic N) is 2. The Kier molecular flexibility index (Phi) is 2.41. The van der Waals surface area contributed by atoms with Crippen LogP contribution < -0.4 is 5.73 Å². The quantitative estimate of drug-likeness (QED) is 0.566. The van der Waals surface area contributed by atoms with Crippen LogP contribution in [0, 0.1) is 5.41 Å². The molecule has 0 aromatic carbocycles. The van der Waals surface area contributed by atoms with Gasteiger partial charge < -0.3 is 5.73 Å². The van der Waals surface area contributed by atoms with Crippen LogP contribution in [0.1, 0.15) is 5.56 Å². The van der Waals surface area contributed by atoms with Gasteiger partial charge in [-0.05, 0) is 24.3 Å². The molecule has 0 amide bonds. The van der Waals surface area contributed by atoms with E-state index in [-0.39, 0.29) is 5.84 Å². The maximum absolute atomic E-state index is 7.23. The van der Waals surface area contributed by atoms with Crippen LogP contribution in [-0.2, 0) is 0 Å². The first kappa shape index (κ1) is 9.33. The van der Waals surface area contributed by atoms with Gasteiger partial charge in [-0.2, -0.15) is 0 Å². The summed E-state index contributed by atoms with van der Waals surface area (Å²) in [6, 6.07) is 9.21. The fourth-order valence-electron chi connectivity index (χ4n) is 1.22. The predicted octanol–water partition coefficient (Wildman–Crippen LogP) is 1.43. The van der Waals surface area contributed by atoms with E-state index < -0.39 is 0 Å². The van der Waals surface area contributed by atoms with Crippen molar-refractivity contribution in [2.24, 2.45) is 5.73 Å². The van der Waals surface area contributed by atoms with Gasteiger partial charge >= 0.3 is 0 Å². The van der Waals surface area contributed by atoms with E-state index in [2.05, 4.69) is 9.97 Å². The van der Waals surface area contributed by atoms with Crippen LogP contribution in [-0.4, -0.2) is 15.8 Å². The van der Waals surface area contributed by atoms with Crippen LogP contribution in [0.3, 0.4) is 0 Å². The minimum atomic E-state index is 0.0232. The number of hydrogen-bond donors (Lipinski definition) is 2. The highest BCUT2D eigenvalue weighted by Crippen LogP contribution is 2.12. The second kappa shape index (κ2) is 3.88. The van der Waals surface area contributed by atoms with Crippen molar-refractivity contribution in [3.63, 3.8) is 0 Å². The van der Waals surface area contributed by atoms with Crippen molar-refractivity contribution >= 4 is 5.84 Å². The first-order chi connectivity index (χ1) is 7.27. The van der Waals surface area contributed by atoms with E-state index in [4.69, 9.17) is 11.1 Å². The molecule has 0 radical (unpaired) electrons. The topological polar surface area (TPSA) is 75.7 Å². The molecule has 74 valence electrons.